The van der Waals surface area contributed by atoms with Crippen LogP contribution in [0.15, 0.2) is 117 Å². The lowest BCUT2D eigenvalue weighted by Gasteiger charge is -2.43. The lowest BCUT2D eigenvalue weighted by molar-refractivity contribution is 0.0522. The number of anilines is 1. The Labute approximate surface area is 251 Å². The number of nitrogens with one attached hydrogen (secondary N) is 2. The second kappa shape index (κ2) is 9.23. The standard InChI is InChI=1S/C31H21N7O3S2/c1-2-7-20-19(6-1)18-24(35-20)30(29-34-14-17-42-29)26(27-32-12-13-33-27)41-38(25-10-5-15-39-25)31(30,23-11-16-43-37-23)28-36-21-8-3-4-9-22(21)40-28/h1-18,26,35H,(H,32,33). The fourth-order valence-corrected chi connectivity index (χ4v) is 7.89. The molecule has 43 heavy (non-hydrogen) atoms. The predicted octanol–water partition coefficient (Wildman–Crippen LogP) is 6.96. The molecule has 12 heteroatoms. The highest BCUT2D eigenvalue weighted by molar-refractivity contribution is 7.09. The molecule has 1 aliphatic rings. The first-order valence-corrected chi connectivity index (χ1v) is 15.3. The molecule has 0 radical (unpaired) electrons. The second-order valence-corrected chi connectivity index (χ2v) is 11.8. The van der Waals surface area contributed by atoms with Crippen LogP contribution in [-0.4, -0.2) is 29.3 Å². The number of oxazole rings is 1. The maximum atomic E-state index is 7.09. The number of hydrogen-bond acceptors (Lipinski definition) is 10. The topological polar surface area (TPSA) is 122 Å². The van der Waals surface area contributed by atoms with Gasteiger partial charge < -0.3 is 18.8 Å². The van der Waals surface area contributed by atoms with Crippen molar-refractivity contribution < 1.29 is 13.7 Å². The molecule has 3 atom stereocenters. The van der Waals surface area contributed by atoms with Gasteiger partial charge in [-0.05, 0) is 53.3 Å². The SMILES string of the molecule is c1coc(N2OC(c3ncc[nH]3)C(c3cc4ccccc4[nH]3)(c3nccs3)C2(c2ccsn2)c2nc3ccccc3o2)c1. The van der Waals surface area contributed by atoms with Crippen LogP contribution in [-0.2, 0) is 15.8 Å². The molecule has 9 rings (SSSR count). The van der Waals surface area contributed by atoms with Gasteiger partial charge in [0.05, 0.1) is 12.0 Å². The van der Waals surface area contributed by atoms with E-state index in [0.717, 1.165) is 21.6 Å². The molecular weight excluding hydrogens is 583 g/mol. The van der Waals surface area contributed by atoms with Crippen LogP contribution < -0.4 is 5.06 Å². The summed E-state index contributed by atoms with van der Waals surface area (Å²) in [6, 6.07) is 23.7. The zero-order valence-corrected chi connectivity index (χ0v) is 23.9. The molecule has 3 unspecified atom stereocenters. The van der Waals surface area contributed by atoms with Crippen molar-refractivity contribution in [3.63, 3.8) is 0 Å². The Hall–Kier alpha value is -5.04. The van der Waals surface area contributed by atoms with Crippen LogP contribution in [0.2, 0.25) is 0 Å². The summed E-state index contributed by atoms with van der Waals surface area (Å²) in [4.78, 5) is 29.0. The van der Waals surface area contributed by atoms with Crippen molar-refractivity contribution >= 4 is 50.8 Å². The third-order valence-corrected chi connectivity index (χ3v) is 9.56. The summed E-state index contributed by atoms with van der Waals surface area (Å²) in [5.41, 5.74) is 1.24. The minimum atomic E-state index is -1.37. The summed E-state index contributed by atoms with van der Waals surface area (Å²) in [7, 11) is 0. The predicted molar refractivity (Wildman–Crippen MR) is 162 cm³/mol. The Balaban J connectivity index is 1.51. The van der Waals surface area contributed by atoms with E-state index in [1.54, 1.807) is 29.9 Å². The van der Waals surface area contributed by atoms with Gasteiger partial charge in [-0.1, -0.05) is 30.3 Å². The fraction of sp³-hybridized carbons (Fsp3) is 0.0968. The zero-order valence-electron chi connectivity index (χ0n) is 22.2. The molecule has 0 bridgehead atoms. The van der Waals surface area contributed by atoms with Crippen LogP contribution in [0.1, 0.15) is 34.2 Å². The van der Waals surface area contributed by atoms with E-state index in [9.17, 15) is 0 Å². The maximum Gasteiger partial charge on any atom is 0.231 e. The van der Waals surface area contributed by atoms with Gasteiger partial charge >= 0.3 is 0 Å². The molecule has 0 amide bonds. The highest BCUT2D eigenvalue weighted by Crippen LogP contribution is 2.66. The Morgan fingerprint density at radius 1 is 0.930 bits per heavy atom. The summed E-state index contributed by atoms with van der Waals surface area (Å²) in [5, 5.41) is 7.44. The van der Waals surface area contributed by atoms with Crippen molar-refractivity contribution in [1.82, 2.24) is 29.3 Å². The Morgan fingerprint density at radius 3 is 2.63 bits per heavy atom. The highest BCUT2D eigenvalue weighted by atomic mass is 32.1. The van der Waals surface area contributed by atoms with E-state index in [1.165, 1.54) is 22.9 Å². The number of nitrogens with zero attached hydrogens (tertiary/aromatic N) is 5. The number of para-hydroxylation sites is 3. The van der Waals surface area contributed by atoms with Crippen LogP contribution in [0.3, 0.4) is 0 Å². The summed E-state index contributed by atoms with van der Waals surface area (Å²) < 4.78 is 17.8. The summed E-state index contributed by atoms with van der Waals surface area (Å²) in [6.07, 6.45) is 6.16. The number of furan rings is 1. The first-order chi connectivity index (χ1) is 21.3. The quantitative estimate of drug-likeness (QED) is 0.209. The van der Waals surface area contributed by atoms with Crippen molar-refractivity contribution in [2.45, 2.75) is 17.1 Å². The Kier molecular flexibility index (Phi) is 5.27. The Morgan fingerprint density at radius 2 is 1.86 bits per heavy atom. The summed E-state index contributed by atoms with van der Waals surface area (Å²) in [6.45, 7) is 0. The molecular formula is C31H21N7O3S2. The van der Waals surface area contributed by atoms with Crippen LogP contribution in [0.25, 0.3) is 22.0 Å². The van der Waals surface area contributed by atoms with Gasteiger partial charge in [0.2, 0.25) is 17.3 Å². The molecule has 8 aromatic rings. The second-order valence-electron chi connectivity index (χ2n) is 10.2. The number of hydroxylamine groups is 1. The molecule has 0 aliphatic carbocycles. The smallest absolute Gasteiger partial charge is 0.231 e. The zero-order chi connectivity index (χ0) is 28.4. The minimum absolute atomic E-state index is 0.374. The van der Waals surface area contributed by atoms with Crippen molar-refractivity contribution in [2.75, 3.05) is 5.06 Å². The van der Waals surface area contributed by atoms with E-state index >= 15 is 0 Å². The molecule has 2 N–H and O–H groups in total. The average Bonchev–Trinajstić information content (AvgIpc) is 3.88. The van der Waals surface area contributed by atoms with Gasteiger partial charge in [-0.15, -0.1) is 11.3 Å². The number of fused-ring (bicyclic) bond motifs is 2. The number of hydrogen-bond donors (Lipinski definition) is 2. The number of H-pyrrole nitrogens is 2. The van der Waals surface area contributed by atoms with Gasteiger partial charge in [0, 0.05) is 46.6 Å². The third-order valence-electron chi connectivity index (χ3n) is 8.09. The first kappa shape index (κ1) is 24.5. The van der Waals surface area contributed by atoms with Crippen LogP contribution in [0.5, 0.6) is 0 Å². The van der Waals surface area contributed by atoms with Crippen molar-refractivity contribution in [1.29, 1.82) is 0 Å². The largest absolute Gasteiger partial charge is 0.447 e. The highest BCUT2D eigenvalue weighted by Gasteiger charge is 2.76. The fourth-order valence-electron chi connectivity index (χ4n) is 6.41. The normalized spacial score (nSPS) is 22.2. The molecule has 1 aliphatic heterocycles. The molecule has 0 spiro atoms. The number of thiazole rings is 1. The van der Waals surface area contributed by atoms with E-state index in [-0.39, 0.29) is 0 Å². The van der Waals surface area contributed by atoms with E-state index < -0.39 is 17.1 Å². The molecule has 7 heterocycles. The van der Waals surface area contributed by atoms with Crippen LogP contribution in [0.4, 0.5) is 5.88 Å². The monoisotopic (exact) mass is 603 g/mol. The summed E-state index contributed by atoms with van der Waals surface area (Å²) >= 11 is 2.86. The van der Waals surface area contributed by atoms with Crippen LogP contribution in [0, 0.1) is 0 Å². The molecule has 210 valence electrons. The minimum Gasteiger partial charge on any atom is -0.447 e. The van der Waals surface area contributed by atoms with Gasteiger partial charge in [-0.2, -0.15) is 9.44 Å². The first-order valence-electron chi connectivity index (χ1n) is 13.5. The average molecular weight is 604 g/mol. The molecule has 10 nitrogen and oxygen atoms in total. The third kappa shape index (κ3) is 3.25. The van der Waals surface area contributed by atoms with Gasteiger partial charge in [0.15, 0.2) is 11.7 Å². The van der Waals surface area contributed by atoms with E-state index in [1.807, 2.05) is 65.4 Å². The molecule has 1 fully saturated rings. The number of benzene rings is 2. The summed E-state index contributed by atoms with van der Waals surface area (Å²) in [5.74, 6) is 1.42. The lowest BCUT2D eigenvalue weighted by atomic mass is 9.62. The van der Waals surface area contributed by atoms with E-state index in [0.29, 0.717) is 34.4 Å². The number of imidazole rings is 1. The maximum absolute atomic E-state index is 7.09. The van der Waals surface area contributed by atoms with Gasteiger partial charge in [-0.25, -0.2) is 15.0 Å². The number of aromatic amines is 2. The molecule has 2 aromatic carbocycles. The van der Waals surface area contributed by atoms with Crippen molar-refractivity contribution in [2.24, 2.45) is 0 Å². The van der Waals surface area contributed by atoms with Gasteiger partial charge in [-0.3, -0.25) is 4.84 Å². The van der Waals surface area contributed by atoms with Gasteiger partial charge in [0.25, 0.3) is 0 Å². The number of aromatic nitrogens is 6. The van der Waals surface area contributed by atoms with Crippen molar-refractivity contribution in [3.05, 3.63) is 137 Å². The lowest BCUT2D eigenvalue weighted by Crippen LogP contribution is -2.57. The van der Waals surface area contributed by atoms with Crippen molar-refractivity contribution in [3.8, 4) is 0 Å². The Bertz CT molecular complexity index is 1930. The molecule has 1 saturated heterocycles. The van der Waals surface area contributed by atoms with E-state index in [2.05, 4.69) is 28.2 Å². The molecule has 6 aromatic heterocycles. The number of rotatable bonds is 6. The van der Waals surface area contributed by atoms with Gasteiger partial charge in [0.1, 0.15) is 21.8 Å². The van der Waals surface area contributed by atoms with E-state index in [4.69, 9.17) is 33.0 Å². The van der Waals surface area contributed by atoms with Crippen LogP contribution >= 0.6 is 22.9 Å². The molecule has 0 saturated carbocycles.